The predicted octanol–water partition coefficient (Wildman–Crippen LogP) is -0.423. The second-order valence-corrected chi connectivity index (χ2v) is 11.6. The summed E-state index contributed by atoms with van der Waals surface area (Å²) in [7, 11) is 1.50. The lowest BCUT2D eigenvalue weighted by molar-refractivity contribution is -0.274. The number of hydrogen-bond donors (Lipinski definition) is 7. The van der Waals surface area contributed by atoms with Crippen LogP contribution in [0.4, 0.5) is 11.4 Å². The van der Waals surface area contributed by atoms with Crippen molar-refractivity contribution in [2.45, 2.75) is 69.2 Å². The Bertz CT molecular complexity index is 1600. The number of amides is 2. The molecule has 0 radical (unpaired) electrons. The zero-order chi connectivity index (χ0) is 33.9. The van der Waals surface area contributed by atoms with Gasteiger partial charge in [0.05, 0.1) is 25.0 Å². The van der Waals surface area contributed by atoms with Gasteiger partial charge in [0.15, 0.2) is 18.0 Å². The summed E-state index contributed by atoms with van der Waals surface area (Å²) in [6.45, 7) is 2.39. The molecule has 47 heavy (non-hydrogen) atoms. The number of anilines is 2. The molecule has 2 aromatic carbocycles. The molecular formula is C32H39N5O10. The number of nitrogens with zero attached hydrogens (tertiary/aromatic N) is 4. The summed E-state index contributed by atoms with van der Waals surface area (Å²) in [4.78, 5) is 28.1. The van der Waals surface area contributed by atoms with Crippen LogP contribution in [0.1, 0.15) is 30.2 Å². The van der Waals surface area contributed by atoms with Crippen LogP contribution in [0.3, 0.4) is 0 Å². The largest absolute Gasteiger partial charge is 0.497 e. The van der Waals surface area contributed by atoms with E-state index in [1.807, 2.05) is 6.08 Å². The Morgan fingerprint density at radius 2 is 1.87 bits per heavy atom. The van der Waals surface area contributed by atoms with E-state index in [-0.39, 0.29) is 13.2 Å². The first-order valence-electron chi connectivity index (χ1n) is 15.1. The van der Waals surface area contributed by atoms with Crippen molar-refractivity contribution in [2.24, 2.45) is 5.92 Å². The third-order valence-electron chi connectivity index (χ3n) is 8.45. The van der Waals surface area contributed by atoms with Crippen LogP contribution in [-0.2, 0) is 39.4 Å². The van der Waals surface area contributed by atoms with Gasteiger partial charge in [-0.25, -0.2) is 0 Å². The van der Waals surface area contributed by atoms with Gasteiger partial charge in [0.1, 0.15) is 24.1 Å². The Labute approximate surface area is 270 Å². The molecule has 7 atom stereocenters. The van der Waals surface area contributed by atoms with E-state index in [9.17, 15) is 35.1 Å². The molecule has 5 rings (SSSR count). The minimum absolute atomic E-state index is 0.0105. The number of carbonyl (C=O) groups excluding carboxylic acids is 2. The summed E-state index contributed by atoms with van der Waals surface area (Å²) >= 11 is 0. The van der Waals surface area contributed by atoms with Gasteiger partial charge in [0.25, 0.3) is 11.8 Å². The van der Waals surface area contributed by atoms with Crippen LogP contribution in [0.2, 0.25) is 0 Å². The van der Waals surface area contributed by atoms with E-state index >= 15 is 0 Å². The van der Waals surface area contributed by atoms with Crippen LogP contribution >= 0.6 is 0 Å². The van der Waals surface area contributed by atoms with Crippen LogP contribution in [0.5, 0.6) is 5.75 Å². The summed E-state index contributed by atoms with van der Waals surface area (Å²) in [5.41, 5.74) is 0.748. The average molecular weight is 654 g/mol. The normalized spacial score (nSPS) is 26.4. The van der Waals surface area contributed by atoms with Gasteiger partial charge in [0, 0.05) is 42.9 Å². The number of nitrogens with one attached hydrogen (secondary N) is 1. The molecule has 0 bridgehead atoms. The number of allylic oxidation sites excluding steroid dienone is 1. The molecule has 1 fully saturated rings. The molecule has 0 aliphatic carbocycles. The standard InChI is InChI=1S/C32H39N5O10/c1-18(5-3-4-13-36-17-21(12-14-38)34-35-36)32(45)23-15-22(46-2)10-11-24(23)37(31(32)44)16-19-6-8-20(9-7-19)33-29(42)28-26(40)25(39)27(41)30(43)47-28/h3,5-11,15,17-18,25-28,30,38-41,43,45H,4,12-14,16H2,1-2H3,(H,33,42)/b5-3+/t18-,25+,26+,27-,28+,30-,32+/m1/s1. The fourth-order valence-electron chi connectivity index (χ4n) is 5.70. The van der Waals surface area contributed by atoms with Crippen molar-refractivity contribution in [1.82, 2.24) is 15.0 Å². The number of benzene rings is 2. The van der Waals surface area contributed by atoms with Crippen molar-refractivity contribution in [3.05, 3.63) is 77.6 Å². The smallest absolute Gasteiger partial charge is 0.264 e. The van der Waals surface area contributed by atoms with E-state index in [0.717, 1.165) is 0 Å². The third-order valence-corrected chi connectivity index (χ3v) is 8.45. The highest BCUT2D eigenvalue weighted by Crippen LogP contribution is 2.47. The maximum atomic E-state index is 13.9. The molecule has 1 saturated heterocycles. The summed E-state index contributed by atoms with van der Waals surface area (Å²) in [5, 5.41) is 71.0. The van der Waals surface area contributed by atoms with Gasteiger partial charge in [-0.1, -0.05) is 36.4 Å². The Kier molecular flexibility index (Phi) is 10.4. The number of aliphatic hydroxyl groups is 6. The molecule has 0 saturated carbocycles. The molecule has 3 heterocycles. The van der Waals surface area contributed by atoms with Crippen LogP contribution in [0.15, 0.2) is 60.8 Å². The number of rotatable bonds is 12. The number of fused-ring (bicyclic) bond motifs is 1. The highest BCUT2D eigenvalue weighted by atomic mass is 16.6. The monoisotopic (exact) mass is 653 g/mol. The first-order chi connectivity index (χ1) is 22.5. The molecule has 252 valence electrons. The number of ether oxygens (including phenoxy) is 2. The van der Waals surface area contributed by atoms with Gasteiger partial charge >= 0.3 is 0 Å². The van der Waals surface area contributed by atoms with Crippen molar-refractivity contribution >= 4 is 23.2 Å². The fraction of sp³-hybridized carbons (Fsp3) is 0.438. The van der Waals surface area contributed by atoms with Gasteiger partial charge in [-0.05, 0) is 42.3 Å². The van der Waals surface area contributed by atoms with Gasteiger partial charge in [-0.15, -0.1) is 5.10 Å². The van der Waals surface area contributed by atoms with Crippen molar-refractivity contribution in [3.8, 4) is 5.75 Å². The molecule has 0 spiro atoms. The molecular weight excluding hydrogens is 614 g/mol. The topological polar surface area (TPSA) is 220 Å². The van der Waals surface area contributed by atoms with E-state index in [4.69, 9.17) is 14.6 Å². The van der Waals surface area contributed by atoms with E-state index < -0.39 is 54.0 Å². The molecule has 2 amide bonds. The minimum atomic E-state index is -1.88. The molecule has 7 N–H and O–H groups in total. The lowest BCUT2D eigenvalue weighted by atomic mass is 9.83. The average Bonchev–Trinajstić information content (AvgIpc) is 3.60. The first kappa shape index (κ1) is 34.1. The Morgan fingerprint density at radius 1 is 1.13 bits per heavy atom. The van der Waals surface area contributed by atoms with Crippen LogP contribution in [0, 0.1) is 5.92 Å². The number of carbonyl (C=O) groups is 2. The number of aliphatic hydroxyl groups excluding tert-OH is 5. The van der Waals surface area contributed by atoms with Crippen molar-refractivity contribution in [3.63, 3.8) is 0 Å². The second-order valence-electron chi connectivity index (χ2n) is 11.6. The molecule has 1 aromatic heterocycles. The van der Waals surface area contributed by atoms with Crippen LogP contribution in [0.25, 0.3) is 0 Å². The first-order valence-corrected chi connectivity index (χ1v) is 15.1. The van der Waals surface area contributed by atoms with Gasteiger partial charge in [-0.3, -0.25) is 14.3 Å². The zero-order valence-corrected chi connectivity index (χ0v) is 25.9. The van der Waals surface area contributed by atoms with E-state index in [1.165, 1.54) is 12.0 Å². The minimum Gasteiger partial charge on any atom is -0.497 e. The highest BCUT2D eigenvalue weighted by molar-refractivity contribution is 6.07. The molecule has 0 unspecified atom stereocenters. The van der Waals surface area contributed by atoms with Crippen LogP contribution in [-0.4, -0.2) is 102 Å². The van der Waals surface area contributed by atoms with Crippen molar-refractivity contribution in [1.29, 1.82) is 0 Å². The molecule has 3 aromatic rings. The Balaban J connectivity index is 1.28. The number of aromatic nitrogens is 3. The maximum Gasteiger partial charge on any atom is 0.264 e. The van der Waals surface area contributed by atoms with E-state index in [1.54, 1.807) is 66.3 Å². The molecule has 2 aliphatic heterocycles. The lowest BCUT2D eigenvalue weighted by Crippen LogP contribution is -2.60. The number of methoxy groups -OCH3 is 1. The van der Waals surface area contributed by atoms with Gasteiger partial charge in [-0.2, -0.15) is 0 Å². The predicted molar refractivity (Wildman–Crippen MR) is 166 cm³/mol. The summed E-state index contributed by atoms with van der Waals surface area (Å²) in [5.74, 6) is -1.48. The summed E-state index contributed by atoms with van der Waals surface area (Å²) in [6.07, 6.45) is -2.35. The Morgan fingerprint density at radius 3 is 2.57 bits per heavy atom. The van der Waals surface area contributed by atoms with E-state index in [2.05, 4.69) is 15.6 Å². The number of aryl methyl sites for hydroxylation is 1. The van der Waals surface area contributed by atoms with Gasteiger partial charge in [0.2, 0.25) is 0 Å². The number of hydrogen-bond acceptors (Lipinski definition) is 12. The van der Waals surface area contributed by atoms with E-state index in [0.29, 0.717) is 53.3 Å². The third kappa shape index (κ3) is 6.92. The molecule has 15 nitrogen and oxygen atoms in total. The quantitative estimate of drug-likeness (QED) is 0.124. The Hall–Kier alpha value is -4.22. The van der Waals surface area contributed by atoms with Crippen molar-refractivity contribution < 1.29 is 49.7 Å². The van der Waals surface area contributed by atoms with Crippen LogP contribution < -0.4 is 15.0 Å². The zero-order valence-electron chi connectivity index (χ0n) is 25.9. The highest BCUT2D eigenvalue weighted by Gasteiger charge is 2.52. The second kappa shape index (κ2) is 14.3. The summed E-state index contributed by atoms with van der Waals surface area (Å²) in [6, 6.07) is 11.6. The SMILES string of the molecule is COc1ccc2c(c1)[C@@](O)([C@H](C)/C=C/CCn1cc(CCO)nn1)C(=O)N2Cc1ccc(NC(=O)[C@H]2O[C@@H](O)[C@H](O)[C@@H](O)[C@@H]2O)cc1. The van der Waals surface area contributed by atoms with Gasteiger partial charge < -0.3 is 50.3 Å². The molecule has 15 heteroatoms. The van der Waals surface area contributed by atoms with Crippen molar-refractivity contribution in [2.75, 3.05) is 23.9 Å². The lowest BCUT2D eigenvalue weighted by Gasteiger charge is -2.37. The maximum absolute atomic E-state index is 13.9. The molecule has 2 aliphatic rings. The summed E-state index contributed by atoms with van der Waals surface area (Å²) < 4.78 is 12.0. The fourth-order valence-corrected chi connectivity index (χ4v) is 5.70.